The van der Waals surface area contributed by atoms with E-state index in [4.69, 9.17) is 19.9 Å². The monoisotopic (exact) mass is 295 g/mol. The van der Waals surface area contributed by atoms with Crippen molar-refractivity contribution in [2.24, 2.45) is 10.7 Å². The lowest BCUT2D eigenvalue weighted by Gasteiger charge is -2.10. The first-order valence-corrected chi connectivity index (χ1v) is 6.95. The number of ether oxygens (including phenoxy) is 3. The van der Waals surface area contributed by atoms with Crippen LogP contribution in [0.2, 0.25) is 0 Å². The van der Waals surface area contributed by atoms with Gasteiger partial charge < -0.3 is 25.3 Å². The fourth-order valence-electron chi connectivity index (χ4n) is 1.84. The number of nitrogens with two attached hydrogens (primary N) is 1. The molecule has 6 nitrogen and oxygen atoms in total. The molecule has 0 spiro atoms. The summed E-state index contributed by atoms with van der Waals surface area (Å²) in [6, 6.07) is 5.87. The maximum atomic E-state index is 5.78. The van der Waals surface area contributed by atoms with Crippen LogP contribution in [-0.4, -0.2) is 47.0 Å². The van der Waals surface area contributed by atoms with Crippen LogP contribution < -0.4 is 20.5 Å². The minimum atomic E-state index is 0.464. The van der Waals surface area contributed by atoms with Crippen molar-refractivity contribution in [1.29, 1.82) is 0 Å². The molecule has 3 N–H and O–H groups in total. The van der Waals surface area contributed by atoms with E-state index in [9.17, 15) is 0 Å². The van der Waals surface area contributed by atoms with Crippen LogP contribution in [0.15, 0.2) is 23.2 Å². The van der Waals surface area contributed by atoms with Gasteiger partial charge in [0.15, 0.2) is 17.5 Å². The zero-order valence-corrected chi connectivity index (χ0v) is 13.0. The van der Waals surface area contributed by atoms with Crippen LogP contribution in [0.4, 0.5) is 0 Å². The molecule has 0 aromatic heterocycles. The molecule has 1 rings (SSSR count). The molecule has 21 heavy (non-hydrogen) atoms. The Labute approximate surface area is 126 Å². The van der Waals surface area contributed by atoms with E-state index >= 15 is 0 Å². The lowest BCUT2D eigenvalue weighted by Crippen LogP contribution is -2.33. The molecule has 0 atom stereocenters. The number of hydrogen-bond acceptors (Lipinski definition) is 4. The molecule has 0 aliphatic heterocycles. The number of guanidine groups is 1. The second kappa shape index (κ2) is 9.88. The summed E-state index contributed by atoms with van der Waals surface area (Å²) >= 11 is 0. The Morgan fingerprint density at radius 3 is 2.62 bits per heavy atom. The van der Waals surface area contributed by atoms with E-state index in [2.05, 4.69) is 10.3 Å². The van der Waals surface area contributed by atoms with Gasteiger partial charge in [0, 0.05) is 26.8 Å². The average molecular weight is 295 g/mol. The Hall–Kier alpha value is -1.95. The maximum absolute atomic E-state index is 5.78. The van der Waals surface area contributed by atoms with Gasteiger partial charge >= 0.3 is 0 Å². The summed E-state index contributed by atoms with van der Waals surface area (Å²) < 4.78 is 15.4. The van der Waals surface area contributed by atoms with Gasteiger partial charge in [-0.25, -0.2) is 0 Å². The summed E-state index contributed by atoms with van der Waals surface area (Å²) in [5.74, 6) is 1.93. The van der Waals surface area contributed by atoms with E-state index in [0.717, 1.165) is 36.4 Å². The van der Waals surface area contributed by atoms with E-state index in [-0.39, 0.29) is 0 Å². The van der Waals surface area contributed by atoms with Gasteiger partial charge in [-0.15, -0.1) is 0 Å². The van der Waals surface area contributed by atoms with E-state index in [1.807, 2.05) is 18.2 Å². The summed E-state index contributed by atoms with van der Waals surface area (Å²) in [5, 5.41) is 3.09. The third-order valence-corrected chi connectivity index (χ3v) is 2.96. The van der Waals surface area contributed by atoms with Gasteiger partial charge in [-0.3, -0.25) is 4.99 Å². The zero-order chi connectivity index (χ0) is 15.5. The minimum absolute atomic E-state index is 0.464. The Morgan fingerprint density at radius 2 is 1.95 bits per heavy atom. The van der Waals surface area contributed by atoms with Gasteiger partial charge in [0.2, 0.25) is 0 Å². The van der Waals surface area contributed by atoms with Crippen LogP contribution in [0, 0.1) is 0 Å². The Bertz CT molecular complexity index is 450. The van der Waals surface area contributed by atoms with Crippen LogP contribution in [-0.2, 0) is 11.2 Å². The van der Waals surface area contributed by atoms with Crippen molar-refractivity contribution in [3.63, 3.8) is 0 Å². The fourth-order valence-corrected chi connectivity index (χ4v) is 1.84. The van der Waals surface area contributed by atoms with Crippen molar-refractivity contribution in [2.75, 3.05) is 41.0 Å². The summed E-state index contributed by atoms with van der Waals surface area (Å²) in [4.78, 5) is 4.21. The predicted molar refractivity (Wildman–Crippen MR) is 84.2 cm³/mol. The third-order valence-electron chi connectivity index (χ3n) is 2.96. The quantitative estimate of drug-likeness (QED) is 0.406. The largest absolute Gasteiger partial charge is 0.493 e. The minimum Gasteiger partial charge on any atom is -0.493 e. The van der Waals surface area contributed by atoms with Crippen molar-refractivity contribution in [3.05, 3.63) is 23.8 Å². The number of rotatable bonds is 9. The molecular formula is C15H25N3O3. The topological polar surface area (TPSA) is 78.1 Å². The highest BCUT2D eigenvalue weighted by Gasteiger charge is 2.04. The molecule has 0 bridgehead atoms. The summed E-state index contributed by atoms with van der Waals surface area (Å²) in [5.41, 5.74) is 6.92. The number of nitrogens with one attached hydrogen (secondary N) is 1. The molecule has 0 amide bonds. The lowest BCUT2D eigenvalue weighted by atomic mass is 10.1. The number of benzene rings is 1. The molecule has 0 aliphatic rings. The van der Waals surface area contributed by atoms with Gasteiger partial charge in [-0.2, -0.15) is 0 Å². The Kier molecular flexibility index (Phi) is 8.04. The molecular weight excluding hydrogens is 270 g/mol. The molecule has 0 heterocycles. The normalized spacial score (nSPS) is 11.3. The highest BCUT2D eigenvalue weighted by Crippen LogP contribution is 2.27. The van der Waals surface area contributed by atoms with Gasteiger partial charge in [0.1, 0.15) is 0 Å². The van der Waals surface area contributed by atoms with Gasteiger partial charge in [-0.1, -0.05) is 6.07 Å². The molecule has 6 heteroatoms. The molecule has 1 aromatic carbocycles. The second-order valence-electron chi connectivity index (χ2n) is 4.48. The lowest BCUT2D eigenvalue weighted by molar-refractivity contribution is 0.197. The van der Waals surface area contributed by atoms with Crippen LogP contribution >= 0.6 is 0 Å². The second-order valence-corrected chi connectivity index (χ2v) is 4.48. The number of nitrogens with zero attached hydrogens (tertiary/aromatic N) is 1. The maximum Gasteiger partial charge on any atom is 0.188 e. The SMILES string of the molecule is COCCCN=C(N)NCCc1ccc(OC)c(OC)c1. The Morgan fingerprint density at radius 1 is 1.19 bits per heavy atom. The smallest absolute Gasteiger partial charge is 0.188 e. The summed E-state index contributed by atoms with van der Waals surface area (Å²) in [6.07, 6.45) is 1.70. The number of methoxy groups -OCH3 is 3. The standard InChI is InChI=1S/C15H25N3O3/c1-19-10-4-8-17-15(16)18-9-7-12-5-6-13(20-2)14(11-12)21-3/h5-6,11H,4,7-10H2,1-3H3,(H3,16,17,18). The van der Waals surface area contributed by atoms with Crippen LogP contribution in [0.1, 0.15) is 12.0 Å². The van der Waals surface area contributed by atoms with Gasteiger partial charge in [0.25, 0.3) is 0 Å². The van der Waals surface area contributed by atoms with Crippen molar-refractivity contribution >= 4 is 5.96 Å². The summed E-state index contributed by atoms with van der Waals surface area (Å²) in [7, 11) is 4.93. The van der Waals surface area contributed by atoms with E-state index < -0.39 is 0 Å². The first-order chi connectivity index (χ1) is 10.2. The average Bonchev–Trinajstić information content (AvgIpc) is 2.51. The molecule has 1 aromatic rings. The van der Waals surface area contributed by atoms with E-state index in [1.54, 1.807) is 21.3 Å². The summed E-state index contributed by atoms with van der Waals surface area (Å²) in [6.45, 7) is 2.08. The Balaban J connectivity index is 2.38. The van der Waals surface area contributed by atoms with Crippen LogP contribution in [0.3, 0.4) is 0 Å². The van der Waals surface area contributed by atoms with Crippen molar-refractivity contribution in [3.8, 4) is 11.5 Å². The number of hydrogen-bond donors (Lipinski definition) is 2. The van der Waals surface area contributed by atoms with Gasteiger partial charge in [-0.05, 0) is 30.5 Å². The zero-order valence-electron chi connectivity index (χ0n) is 13.0. The van der Waals surface area contributed by atoms with Crippen LogP contribution in [0.5, 0.6) is 11.5 Å². The molecule has 0 aliphatic carbocycles. The first-order valence-electron chi connectivity index (χ1n) is 6.95. The molecule has 118 valence electrons. The molecule has 0 fully saturated rings. The van der Waals surface area contributed by atoms with Crippen molar-refractivity contribution < 1.29 is 14.2 Å². The third kappa shape index (κ3) is 6.35. The van der Waals surface area contributed by atoms with Crippen molar-refractivity contribution in [2.45, 2.75) is 12.8 Å². The number of aliphatic imine (C=N–C) groups is 1. The van der Waals surface area contributed by atoms with Crippen molar-refractivity contribution in [1.82, 2.24) is 5.32 Å². The molecule has 0 radical (unpaired) electrons. The highest BCUT2D eigenvalue weighted by molar-refractivity contribution is 5.77. The highest BCUT2D eigenvalue weighted by atomic mass is 16.5. The van der Waals surface area contributed by atoms with E-state index in [1.165, 1.54) is 0 Å². The fraction of sp³-hybridized carbons (Fsp3) is 0.533. The predicted octanol–water partition coefficient (Wildman–Crippen LogP) is 1.19. The molecule has 0 unspecified atom stereocenters. The first kappa shape index (κ1) is 17.1. The van der Waals surface area contributed by atoms with Crippen LogP contribution in [0.25, 0.3) is 0 Å². The molecule has 0 saturated heterocycles. The molecule has 0 saturated carbocycles. The van der Waals surface area contributed by atoms with E-state index in [0.29, 0.717) is 19.1 Å². The van der Waals surface area contributed by atoms with Gasteiger partial charge in [0.05, 0.1) is 14.2 Å².